The Bertz CT molecular complexity index is 1070. The van der Waals surface area contributed by atoms with Crippen LogP contribution in [0.3, 0.4) is 0 Å². The van der Waals surface area contributed by atoms with Crippen molar-refractivity contribution >= 4 is 28.7 Å². The molecule has 0 spiro atoms. The van der Waals surface area contributed by atoms with Crippen molar-refractivity contribution in [3.05, 3.63) is 92.3 Å². The van der Waals surface area contributed by atoms with Crippen LogP contribution in [0, 0.1) is 28.4 Å². The zero-order chi connectivity index (χ0) is 19.2. The van der Waals surface area contributed by atoms with Crippen molar-refractivity contribution in [1.82, 2.24) is 4.98 Å². The van der Waals surface area contributed by atoms with E-state index in [-0.39, 0.29) is 5.69 Å². The summed E-state index contributed by atoms with van der Waals surface area (Å²) in [7, 11) is 0. The molecule has 0 N–H and O–H groups in total. The quantitative estimate of drug-likeness (QED) is 0.251. The third-order valence-electron chi connectivity index (χ3n) is 3.87. The summed E-state index contributed by atoms with van der Waals surface area (Å²) in [6, 6.07) is 16.6. The number of allylic oxidation sites excluding steroid dienone is 3. The van der Waals surface area contributed by atoms with Gasteiger partial charge in [-0.1, -0.05) is 48.0 Å². The van der Waals surface area contributed by atoms with Gasteiger partial charge in [0.15, 0.2) is 0 Å². The zero-order valence-corrected chi connectivity index (χ0v) is 15.3. The molecule has 0 saturated carbocycles. The number of nitro groups is 1. The highest BCUT2D eigenvalue weighted by Crippen LogP contribution is 2.26. The number of thiazole rings is 1. The van der Waals surface area contributed by atoms with Gasteiger partial charge in [0.1, 0.15) is 11.1 Å². The maximum Gasteiger partial charge on any atom is 0.276 e. The summed E-state index contributed by atoms with van der Waals surface area (Å²) in [6.07, 6.45) is 4.87. The van der Waals surface area contributed by atoms with E-state index in [1.165, 1.54) is 23.0 Å². The van der Waals surface area contributed by atoms with Gasteiger partial charge in [-0.15, -0.1) is 11.3 Å². The molecule has 0 unspecified atom stereocenters. The van der Waals surface area contributed by atoms with E-state index in [0.29, 0.717) is 16.1 Å². The summed E-state index contributed by atoms with van der Waals surface area (Å²) < 4.78 is 0. The van der Waals surface area contributed by atoms with Crippen molar-refractivity contribution in [3.63, 3.8) is 0 Å². The molecule has 0 amide bonds. The van der Waals surface area contributed by atoms with Crippen LogP contribution in [0.1, 0.15) is 16.1 Å². The Morgan fingerprint density at radius 3 is 2.67 bits per heavy atom. The Morgan fingerprint density at radius 1 is 1.22 bits per heavy atom. The van der Waals surface area contributed by atoms with Crippen LogP contribution >= 0.6 is 11.3 Å². The second-order valence-electron chi connectivity index (χ2n) is 5.77. The summed E-state index contributed by atoms with van der Waals surface area (Å²) >= 11 is 1.39. The van der Waals surface area contributed by atoms with Gasteiger partial charge in [0.05, 0.1) is 21.8 Å². The van der Waals surface area contributed by atoms with E-state index in [2.05, 4.69) is 11.1 Å². The number of para-hydroxylation sites is 1. The Kier molecular flexibility index (Phi) is 5.55. The van der Waals surface area contributed by atoms with E-state index in [9.17, 15) is 15.4 Å². The molecule has 1 heterocycles. The predicted octanol–water partition coefficient (Wildman–Crippen LogP) is 5.65. The lowest BCUT2D eigenvalue weighted by atomic mass is 10.1. The van der Waals surface area contributed by atoms with Crippen LogP contribution in [-0.4, -0.2) is 9.91 Å². The summed E-state index contributed by atoms with van der Waals surface area (Å²) in [5.41, 5.74) is 3.90. The first-order valence-electron chi connectivity index (χ1n) is 8.13. The monoisotopic (exact) mass is 373 g/mol. The lowest BCUT2D eigenvalue weighted by Crippen LogP contribution is -1.90. The first kappa shape index (κ1) is 18.2. The van der Waals surface area contributed by atoms with E-state index >= 15 is 0 Å². The van der Waals surface area contributed by atoms with Crippen LogP contribution < -0.4 is 0 Å². The molecular weight excluding hydrogens is 358 g/mol. The SMILES string of the molecule is Cc1ccc(-c2csc(/C(C#N)=C/C=C/c3ccccc3[N+](=O)[O-])n2)cc1. The molecule has 0 fully saturated rings. The van der Waals surface area contributed by atoms with Gasteiger partial charge >= 0.3 is 0 Å². The van der Waals surface area contributed by atoms with Crippen LogP contribution in [0.5, 0.6) is 0 Å². The molecule has 0 radical (unpaired) electrons. The molecule has 0 bridgehead atoms. The van der Waals surface area contributed by atoms with Gasteiger partial charge in [-0.3, -0.25) is 10.1 Å². The molecule has 0 atom stereocenters. The molecule has 5 nitrogen and oxygen atoms in total. The second-order valence-corrected chi connectivity index (χ2v) is 6.63. The molecule has 0 aliphatic rings. The minimum atomic E-state index is -0.427. The van der Waals surface area contributed by atoms with Crippen LogP contribution in [0.25, 0.3) is 22.9 Å². The standard InChI is InChI=1S/C21H15N3O2S/c1-15-9-11-16(12-10-15)19-14-27-21(23-19)18(13-22)7-4-6-17-5-2-3-8-20(17)24(25)26/h2-12,14H,1H3/b6-4+,18-7+. The van der Waals surface area contributed by atoms with Crippen LogP contribution in [0.15, 0.2) is 66.1 Å². The average Bonchev–Trinajstić information content (AvgIpc) is 3.16. The molecule has 0 saturated heterocycles. The summed E-state index contributed by atoms with van der Waals surface area (Å²) in [6.45, 7) is 2.02. The van der Waals surface area contributed by atoms with Gasteiger partial charge < -0.3 is 0 Å². The van der Waals surface area contributed by atoms with Crippen LogP contribution in [0.4, 0.5) is 5.69 Å². The van der Waals surface area contributed by atoms with Gasteiger partial charge in [0.2, 0.25) is 0 Å². The van der Waals surface area contributed by atoms with Crippen molar-refractivity contribution in [2.45, 2.75) is 6.92 Å². The number of hydrogen-bond acceptors (Lipinski definition) is 5. The minimum absolute atomic E-state index is 0.0246. The highest BCUT2D eigenvalue weighted by molar-refractivity contribution is 7.11. The van der Waals surface area contributed by atoms with E-state index in [1.54, 1.807) is 36.4 Å². The van der Waals surface area contributed by atoms with Gasteiger partial charge in [0.25, 0.3) is 5.69 Å². The van der Waals surface area contributed by atoms with E-state index in [4.69, 9.17) is 0 Å². The third kappa shape index (κ3) is 4.35. The first-order valence-corrected chi connectivity index (χ1v) is 9.01. The highest BCUT2D eigenvalue weighted by atomic mass is 32.1. The largest absolute Gasteiger partial charge is 0.276 e. The molecule has 1 aromatic heterocycles. The smallest absolute Gasteiger partial charge is 0.258 e. The lowest BCUT2D eigenvalue weighted by Gasteiger charge is -1.97. The number of nitriles is 1. The van der Waals surface area contributed by atoms with Crippen LogP contribution in [0.2, 0.25) is 0 Å². The van der Waals surface area contributed by atoms with Crippen molar-refractivity contribution < 1.29 is 4.92 Å². The second kappa shape index (κ2) is 8.21. The number of rotatable bonds is 5. The fourth-order valence-corrected chi connectivity index (χ4v) is 3.26. The highest BCUT2D eigenvalue weighted by Gasteiger charge is 2.10. The summed E-state index contributed by atoms with van der Waals surface area (Å²) in [5, 5.41) is 23.0. The zero-order valence-electron chi connectivity index (χ0n) is 14.5. The molecule has 6 heteroatoms. The van der Waals surface area contributed by atoms with Crippen LogP contribution in [-0.2, 0) is 0 Å². The van der Waals surface area contributed by atoms with Gasteiger partial charge in [0, 0.05) is 17.0 Å². The van der Waals surface area contributed by atoms with Gasteiger partial charge in [-0.25, -0.2) is 4.98 Å². The van der Waals surface area contributed by atoms with Crippen molar-refractivity contribution in [3.8, 4) is 17.3 Å². The van der Waals surface area contributed by atoms with E-state index in [1.807, 2.05) is 36.6 Å². The first-order chi connectivity index (χ1) is 13.1. The fraction of sp³-hybridized carbons (Fsp3) is 0.0476. The van der Waals surface area contributed by atoms with Gasteiger partial charge in [-0.05, 0) is 25.1 Å². The topological polar surface area (TPSA) is 79.8 Å². The lowest BCUT2D eigenvalue weighted by molar-refractivity contribution is -0.385. The Balaban J connectivity index is 1.85. The van der Waals surface area contributed by atoms with Crippen molar-refractivity contribution in [1.29, 1.82) is 5.26 Å². The number of benzene rings is 2. The maximum absolute atomic E-state index is 11.1. The number of nitro benzene ring substituents is 1. The number of hydrogen-bond donors (Lipinski definition) is 0. The number of aromatic nitrogens is 1. The molecule has 3 aromatic rings. The normalized spacial score (nSPS) is 11.5. The molecule has 0 aliphatic carbocycles. The molecule has 2 aromatic carbocycles. The van der Waals surface area contributed by atoms with Crippen molar-refractivity contribution in [2.24, 2.45) is 0 Å². The molecule has 3 rings (SSSR count). The number of aryl methyl sites for hydroxylation is 1. The maximum atomic E-state index is 11.1. The van der Waals surface area contributed by atoms with Gasteiger partial charge in [-0.2, -0.15) is 5.26 Å². The Hall–Kier alpha value is -3.56. The number of nitrogens with zero attached hydrogens (tertiary/aromatic N) is 3. The van der Waals surface area contributed by atoms with E-state index in [0.717, 1.165) is 11.3 Å². The Morgan fingerprint density at radius 2 is 1.96 bits per heavy atom. The summed E-state index contributed by atoms with van der Waals surface area (Å²) in [5.74, 6) is 0. The molecular formula is C21H15N3O2S. The third-order valence-corrected chi connectivity index (χ3v) is 4.75. The van der Waals surface area contributed by atoms with E-state index < -0.39 is 4.92 Å². The molecule has 27 heavy (non-hydrogen) atoms. The average molecular weight is 373 g/mol. The molecule has 0 aliphatic heterocycles. The minimum Gasteiger partial charge on any atom is -0.258 e. The van der Waals surface area contributed by atoms with Crippen molar-refractivity contribution in [2.75, 3.05) is 0 Å². The molecule has 132 valence electrons. The Labute approximate surface area is 160 Å². The summed E-state index contributed by atoms with van der Waals surface area (Å²) in [4.78, 5) is 15.2. The fourth-order valence-electron chi connectivity index (χ4n) is 2.45. The predicted molar refractivity (Wildman–Crippen MR) is 108 cm³/mol.